The van der Waals surface area contributed by atoms with E-state index >= 15 is 0 Å². The van der Waals surface area contributed by atoms with Crippen molar-refractivity contribution in [3.05, 3.63) is 101 Å². The van der Waals surface area contributed by atoms with Crippen LogP contribution in [-0.4, -0.2) is 30.1 Å². The monoisotopic (exact) mass is 530 g/mol. The summed E-state index contributed by atoms with van der Waals surface area (Å²) in [5.41, 5.74) is 4.12. The van der Waals surface area contributed by atoms with E-state index in [4.69, 9.17) is 4.74 Å². The highest BCUT2D eigenvalue weighted by molar-refractivity contribution is 8.00. The summed E-state index contributed by atoms with van der Waals surface area (Å²) in [7, 11) is 0. The Morgan fingerprint density at radius 2 is 1.68 bits per heavy atom. The lowest BCUT2D eigenvalue weighted by atomic mass is 10.0. The van der Waals surface area contributed by atoms with Gasteiger partial charge in [-0.25, -0.2) is 4.79 Å². The van der Waals surface area contributed by atoms with Gasteiger partial charge in [-0.1, -0.05) is 54.6 Å². The van der Waals surface area contributed by atoms with Crippen LogP contribution in [0.3, 0.4) is 0 Å². The third-order valence-corrected chi connectivity index (χ3v) is 7.35. The van der Waals surface area contributed by atoms with Crippen molar-refractivity contribution in [1.82, 2.24) is 0 Å². The van der Waals surface area contributed by atoms with Crippen LogP contribution in [0, 0.1) is 6.92 Å². The Kier molecular flexibility index (Phi) is 8.77. The standard InChI is InChI=1S/C29H26N2O4S2/c1-3-35-29(34)26-24(20-11-5-4-6-12-20)17-37-28(26)31-25(32)18-36-22-14-9-13-21(16-22)30-27(33)23-15-8-7-10-19(23)2/h4-17H,3,18H2,1-2H3,(H,30,33)(H,31,32). The van der Waals surface area contributed by atoms with Crippen molar-refractivity contribution in [1.29, 1.82) is 0 Å². The highest BCUT2D eigenvalue weighted by Crippen LogP contribution is 2.36. The Morgan fingerprint density at radius 1 is 0.919 bits per heavy atom. The first-order chi connectivity index (χ1) is 18.0. The molecule has 4 aromatic rings. The van der Waals surface area contributed by atoms with Crippen LogP contribution in [0.5, 0.6) is 0 Å². The molecular weight excluding hydrogens is 504 g/mol. The van der Waals surface area contributed by atoms with Crippen LogP contribution in [-0.2, 0) is 9.53 Å². The lowest BCUT2D eigenvalue weighted by molar-refractivity contribution is -0.113. The number of hydrogen-bond acceptors (Lipinski definition) is 6. The van der Waals surface area contributed by atoms with Gasteiger partial charge in [0.05, 0.1) is 12.4 Å². The molecule has 37 heavy (non-hydrogen) atoms. The fraction of sp³-hybridized carbons (Fsp3) is 0.138. The Hall–Kier alpha value is -3.88. The molecule has 1 aromatic heterocycles. The molecule has 8 heteroatoms. The molecule has 0 spiro atoms. The SMILES string of the molecule is CCOC(=O)c1c(-c2ccccc2)csc1NC(=O)CSc1cccc(NC(=O)c2ccccc2C)c1. The van der Waals surface area contributed by atoms with E-state index in [-0.39, 0.29) is 24.2 Å². The number of rotatable bonds is 9. The van der Waals surface area contributed by atoms with Gasteiger partial charge in [0.25, 0.3) is 5.91 Å². The summed E-state index contributed by atoms with van der Waals surface area (Å²) in [6.07, 6.45) is 0. The van der Waals surface area contributed by atoms with E-state index < -0.39 is 5.97 Å². The topological polar surface area (TPSA) is 84.5 Å². The first-order valence-corrected chi connectivity index (χ1v) is 13.6. The number of carbonyl (C=O) groups is 3. The van der Waals surface area contributed by atoms with E-state index in [1.165, 1.54) is 23.1 Å². The zero-order valence-corrected chi connectivity index (χ0v) is 22.1. The van der Waals surface area contributed by atoms with Gasteiger partial charge in [0, 0.05) is 27.1 Å². The smallest absolute Gasteiger partial charge is 0.341 e. The quantitative estimate of drug-likeness (QED) is 0.182. The Labute approximate surface area is 224 Å². The second-order valence-corrected chi connectivity index (χ2v) is 10.0. The molecule has 0 aliphatic heterocycles. The van der Waals surface area contributed by atoms with Crippen molar-refractivity contribution in [2.24, 2.45) is 0 Å². The van der Waals surface area contributed by atoms with Gasteiger partial charge in [0.15, 0.2) is 0 Å². The van der Waals surface area contributed by atoms with Gasteiger partial charge in [0.1, 0.15) is 10.6 Å². The first-order valence-electron chi connectivity index (χ1n) is 11.7. The summed E-state index contributed by atoms with van der Waals surface area (Å²) in [4.78, 5) is 39.0. The van der Waals surface area contributed by atoms with Crippen LogP contribution in [0.1, 0.15) is 33.2 Å². The van der Waals surface area contributed by atoms with Crippen molar-refractivity contribution < 1.29 is 19.1 Å². The first kappa shape index (κ1) is 26.2. The summed E-state index contributed by atoms with van der Waals surface area (Å²) >= 11 is 2.63. The average Bonchev–Trinajstić information content (AvgIpc) is 3.32. The van der Waals surface area contributed by atoms with Crippen LogP contribution < -0.4 is 10.6 Å². The maximum atomic E-state index is 12.8. The van der Waals surface area contributed by atoms with E-state index in [0.29, 0.717) is 21.8 Å². The number of anilines is 2. The summed E-state index contributed by atoms with van der Waals surface area (Å²) in [6, 6.07) is 24.3. The van der Waals surface area contributed by atoms with Crippen molar-refractivity contribution in [2.45, 2.75) is 18.7 Å². The number of thiophene rings is 1. The predicted molar refractivity (Wildman–Crippen MR) is 151 cm³/mol. The van der Waals surface area contributed by atoms with Crippen LogP contribution in [0.4, 0.5) is 10.7 Å². The number of esters is 1. The number of carbonyl (C=O) groups excluding carboxylic acids is 3. The number of thioether (sulfide) groups is 1. The minimum Gasteiger partial charge on any atom is -0.462 e. The van der Waals surface area contributed by atoms with Gasteiger partial charge in [-0.15, -0.1) is 23.1 Å². The van der Waals surface area contributed by atoms with Gasteiger partial charge in [-0.05, 0) is 49.2 Å². The Balaban J connectivity index is 1.42. The summed E-state index contributed by atoms with van der Waals surface area (Å²) in [5.74, 6) is -0.763. The predicted octanol–water partition coefficient (Wildman–Crippen LogP) is 6.88. The second kappa shape index (κ2) is 12.4. The molecule has 1 heterocycles. The van der Waals surface area contributed by atoms with E-state index in [1.54, 1.807) is 13.0 Å². The molecule has 4 rings (SSSR count). The van der Waals surface area contributed by atoms with Crippen molar-refractivity contribution >= 4 is 51.6 Å². The zero-order valence-electron chi connectivity index (χ0n) is 20.4. The molecular formula is C29H26N2O4S2. The van der Waals surface area contributed by atoms with E-state index in [2.05, 4.69) is 10.6 Å². The third-order valence-electron chi connectivity index (χ3n) is 5.46. The summed E-state index contributed by atoms with van der Waals surface area (Å²) in [6.45, 7) is 3.88. The number of benzene rings is 3. The number of hydrogen-bond donors (Lipinski definition) is 2. The zero-order chi connectivity index (χ0) is 26.2. The minimum absolute atomic E-state index is 0.135. The maximum Gasteiger partial charge on any atom is 0.341 e. The fourth-order valence-electron chi connectivity index (χ4n) is 3.69. The van der Waals surface area contributed by atoms with Gasteiger partial charge in [-0.3, -0.25) is 9.59 Å². The maximum absolute atomic E-state index is 12.8. The molecule has 0 saturated carbocycles. The lowest BCUT2D eigenvalue weighted by Crippen LogP contribution is -2.16. The number of ether oxygens (including phenoxy) is 1. The number of aryl methyl sites for hydroxylation is 1. The molecule has 188 valence electrons. The Bertz CT molecular complexity index is 1420. The van der Waals surface area contributed by atoms with E-state index in [1.807, 2.05) is 85.1 Å². The summed E-state index contributed by atoms with van der Waals surface area (Å²) in [5, 5.41) is 8.10. The summed E-state index contributed by atoms with van der Waals surface area (Å²) < 4.78 is 5.26. The van der Waals surface area contributed by atoms with Crippen LogP contribution in [0.15, 0.2) is 89.1 Å². The molecule has 0 radical (unpaired) electrons. The highest BCUT2D eigenvalue weighted by Gasteiger charge is 2.22. The Morgan fingerprint density at radius 3 is 2.43 bits per heavy atom. The highest BCUT2D eigenvalue weighted by atomic mass is 32.2. The average molecular weight is 531 g/mol. The molecule has 0 saturated heterocycles. The fourth-order valence-corrected chi connectivity index (χ4v) is 5.42. The molecule has 2 N–H and O–H groups in total. The van der Waals surface area contributed by atoms with E-state index in [9.17, 15) is 14.4 Å². The minimum atomic E-state index is -0.470. The molecule has 0 fully saturated rings. The normalized spacial score (nSPS) is 10.5. The molecule has 0 atom stereocenters. The van der Waals surface area contributed by atoms with E-state index in [0.717, 1.165) is 21.6 Å². The van der Waals surface area contributed by atoms with Crippen molar-refractivity contribution in [3.8, 4) is 11.1 Å². The van der Waals surface area contributed by atoms with Crippen molar-refractivity contribution in [3.63, 3.8) is 0 Å². The molecule has 3 aromatic carbocycles. The largest absolute Gasteiger partial charge is 0.462 e. The van der Waals surface area contributed by atoms with Crippen LogP contribution in [0.25, 0.3) is 11.1 Å². The second-order valence-electron chi connectivity index (χ2n) is 8.07. The number of nitrogens with one attached hydrogen (secondary N) is 2. The third kappa shape index (κ3) is 6.67. The van der Waals surface area contributed by atoms with Crippen LogP contribution in [0.2, 0.25) is 0 Å². The van der Waals surface area contributed by atoms with Gasteiger partial charge < -0.3 is 15.4 Å². The molecule has 0 aliphatic carbocycles. The van der Waals surface area contributed by atoms with Gasteiger partial charge in [0.2, 0.25) is 5.91 Å². The molecule has 0 bridgehead atoms. The molecule has 6 nitrogen and oxygen atoms in total. The lowest BCUT2D eigenvalue weighted by Gasteiger charge is -2.10. The van der Waals surface area contributed by atoms with Gasteiger partial charge in [-0.2, -0.15) is 0 Å². The molecule has 2 amide bonds. The van der Waals surface area contributed by atoms with Gasteiger partial charge >= 0.3 is 5.97 Å². The number of amides is 2. The van der Waals surface area contributed by atoms with Crippen molar-refractivity contribution in [2.75, 3.05) is 23.0 Å². The molecule has 0 aliphatic rings. The van der Waals surface area contributed by atoms with Crippen LogP contribution >= 0.6 is 23.1 Å². The molecule has 0 unspecified atom stereocenters.